The van der Waals surface area contributed by atoms with Crippen molar-refractivity contribution in [1.29, 1.82) is 0 Å². The van der Waals surface area contributed by atoms with Crippen molar-refractivity contribution in [1.82, 2.24) is 10.3 Å². The predicted molar refractivity (Wildman–Crippen MR) is 66.8 cm³/mol. The summed E-state index contributed by atoms with van der Waals surface area (Å²) in [6.07, 6.45) is 0.511. The molecule has 0 spiro atoms. The number of hydrogen-bond acceptors (Lipinski definition) is 3. The van der Waals surface area contributed by atoms with Crippen LogP contribution < -0.4 is 10.1 Å². The molecular weight excluding hydrogens is 232 g/mol. The number of rotatable bonds is 2. The summed E-state index contributed by atoms with van der Waals surface area (Å²) in [7, 11) is 1.63. The zero-order valence-electron chi connectivity index (χ0n) is 9.99. The van der Waals surface area contributed by atoms with Gasteiger partial charge in [0.2, 0.25) is 0 Å². The lowest BCUT2D eigenvalue weighted by Gasteiger charge is -2.20. The number of methoxy groups -OCH3 is 1. The number of nitrogens with one attached hydrogen (secondary N) is 2. The van der Waals surface area contributed by atoms with Gasteiger partial charge < -0.3 is 14.8 Å². The normalized spacial score (nSPS) is 18.6. The van der Waals surface area contributed by atoms with E-state index in [1.807, 2.05) is 18.2 Å². The molecule has 0 fully saturated rings. The van der Waals surface area contributed by atoms with E-state index in [-0.39, 0.29) is 0 Å². The lowest BCUT2D eigenvalue weighted by Crippen LogP contribution is -2.41. The fourth-order valence-electron chi connectivity index (χ4n) is 2.48. The number of benzene rings is 1. The summed E-state index contributed by atoms with van der Waals surface area (Å²) >= 11 is 0. The molecule has 2 aromatic rings. The Balaban J connectivity index is 2.08. The van der Waals surface area contributed by atoms with Gasteiger partial charge in [0.05, 0.1) is 7.11 Å². The Hall–Kier alpha value is -2.01. The van der Waals surface area contributed by atoms with Gasteiger partial charge in [-0.1, -0.05) is 0 Å². The van der Waals surface area contributed by atoms with Crippen LogP contribution >= 0.6 is 0 Å². The Morgan fingerprint density at radius 1 is 1.50 bits per heavy atom. The third kappa shape index (κ3) is 1.64. The number of H-pyrrole nitrogens is 1. The van der Waals surface area contributed by atoms with Gasteiger partial charge in [0, 0.05) is 35.6 Å². The van der Waals surface area contributed by atoms with E-state index >= 15 is 0 Å². The topological polar surface area (TPSA) is 74.3 Å². The number of aromatic nitrogens is 1. The molecule has 1 aromatic heterocycles. The van der Waals surface area contributed by atoms with Gasteiger partial charge in [-0.2, -0.15) is 0 Å². The highest BCUT2D eigenvalue weighted by Crippen LogP contribution is 2.29. The summed E-state index contributed by atoms with van der Waals surface area (Å²) in [6.45, 7) is 0.559. The number of fused-ring (bicyclic) bond motifs is 3. The van der Waals surface area contributed by atoms with Gasteiger partial charge >= 0.3 is 5.97 Å². The van der Waals surface area contributed by atoms with Crippen LogP contribution in [0.25, 0.3) is 10.9 Å². The predicted octanol–water partition coefficient (Wildman–Crippen LogP) is 1.28. The molecule has 2 heterocycles. The Kier molecular flexibility index (Phi) is 2.48. The second-order valence-electron chi connectivity index (χ2n) is 4.47. The zero-order valence-corrected chi connectivity index (χ0v) is 9.99. The Labute approximate surface area is 104 Å². The molecule has 1 aromatic carbocycles. The molecule has 1 unspecified atom stereocenters. The van der Waals surface area contributed by atoms with E-state index in [2.05, 4.69) is 10.3 Å². The maximum atomic E-state index is 11.0. The number of ether oxygens (including phenoxy) is 1. The van der Waals surface area contributed by atoms with Gasteiger partial charge in [-0.15, -0.1) is 0 Å². The van der Waals surface area contributed by atoms with E-state index in [0.29, 0.717) is 13.0 Å². The molecule has 0 radical (unpaired) electrons. The molecule has 5 nitrogen and oxygen atoms in total. The summed E-state index contributed by atoms with van der Waals surface area (Å²) < 4.78 is 5.18. The molecule has 1 aliphatic rings. The van der Waals surface area contributed by atoms with E-state index in [0.717, 1.165) is 27.9 Å². The van der Waals surface area contributed by atoms with Crippen molar-refractivity contribution in [3.05, 3.63) is 29.5 Å². The molecule has 3 rings (SSSR count). The van der Waals surface area contributed by atoms with Gasteiger partial charge in [-0.05, 0) is 17.7 Å². The zero-order chi connectivity index (χ0) is 12.7. The fraction of sp³-hybridized carbons (Fsp3) is 0.308. The molecule has 94 valence electrons. The van der Waals surface area contributed by atoms with Crippen LogP contribution in [-0.4, -0.2) is 29.2 Å². The number of carbonyl (C=O) groups is 1. The minimum Gasteiger partial charge on any atom is -0.497 e. The first kappa shape index (κ1) is 11.1. The van der Waals surface area contributed by atoms with E-state index in [1.54, 1.807) is 7.11 Å². The SMILES string of the molecule is COc1ccc2c3c([nH]c2c1)CNC(C(=O)O)C3. The molecule has 0 saturated carbocycles. The summed E-state index contributed by atoms with van der Waals surface area (Å²) in [4.78, 5) is 14.3. The van der Waals surface area contributed by atoms with Crippen LogP contribution in [0, 0.1) is 0 Å². The Morgan fingerprint density at radius 2 is 2.33 bits per heavy atom. The lowest BCUT2D eigenvalue weighted by molar-refractivity contribution is -0.139. The van der Waals surface area contributed by atoms with Crippen molar-refractivity contribution < 1.29 is 14.6 Å². The minimum absolute atomic E-state index is 0.501. The van der Waals surface area contributed by atoms with Crippen molar-refractivity contribution in [3.8, 4) is 5.75 Å². The van der Waals surface area contributed by atoms with Gasteiger partial charge in [-0.25, -0.2) is 0 Å². The van der Waals surface area contributed by atoms with Crippen molar-refractivity contribution in [3.63, 3.8) is 0 Å². The smallest absolute Gasteiger partial charge is 0.321 e. The molecule has 3 N–H and O–H groups in total. The molecule has 18 heavy (non-hydrogen) atoms. The number of aliphatic carboxylic acids is 1. The van der Waals surface area contributed by atoms with Gasteiger partial charge in [0.1, 0.15) is 11.8 Å². The summed E-state index contributed by atoms with van der Waals surface area (Å²) in [5, 5.41) is 13.1. The van der Waals surface area contributed by atoms with Crippen molar-refractivity contribution in [2.45, 2.75) is 19.0 Å². The molecule has 1 aliphatic heterocycles. The Bertz CT molecular complexity index is 618. The number of carboxylic acid groups (broad SMARTS) is 1. The molecule has 0 aliphatic carbocycles. The fourth-order valence-corrected chi connectivity index (χ4v) is 2.48. The second kappa shape index (κ2) is 4.03. The first-order chi connectivity index (χ1) is 8.69. The van der Waals surface area contributed by atoms with Crippen LogP contribution in [0.3, 0.4) is 0 Å². The van der Waals surface area contributed by atoms with E-state index in [1.165, 1.54) is 0 Å². The van der Waals surface area contributed by atoms with Crippen LogP contribution in [0.2, 0.25) is 0 Å². The second-order valence-corrected chi connectivity index (χ2v) is 4.47. The summed E-state index contributed by atoms with van der Waals surface area (Å²) in [5.74, 6) is -0.00708. The van der Waals surface area contributed by atoms with Crippen LogP contribution in [-0.2, 0) is 17.8 Å². The summed E-state index contributed by atoms with van der Waals surface area (Å²) in [6, 6.07) is 5.31. The van der Waals surface area contributed by atoms with Gasteiger partial charge in [0.25, 0.3) is 0 Å². The van der Waals surface area contributed by atoms with Crippen molar-refractivity contribution in [2.24, 2.45) is 0 Å². The van der Waals surface area contributed by atoms with Crippen molar-refractivity contribution >= 4 is 16.9 Å². The van der Waals surface area contributed by atoms with Crippen LogP contribution in [0.15, 0.2) is 18.2 Å². The molecule has 0 bridgehead atoms. The third-order valence-corrected chi connectivity index (χ3v) is 3.43. The van der Waals surface area contributed by atoms with Gasteiger partial charge in [-0.3, -0.25) is 10.1 Å². The molecule has 0 saturated heterocycles. The summed E-state index contributed by atoms with van der Waals surface area (Å²) in [5.41, 5.74) is 3.15. The minimum atomic E-state index is -0.802. The van der Waals surface area contributed by atoms with Crippen molar-refractivity contribution in [2.75, 3.05) is 7.11 Å². The largest absolute Gasteiger partial charge is 0.497 e. The van der Waals surface area contributed by atoms with Crippen LogP contribution in [0.5, 0.6) is 5.75 Å². The molecule has 5 heteroatoms. The van der Waals surface area contributed by atoms with Gasteiger partial charge in [0.15, 0.2) is 0 Å². The molecule has 1 atom stereocenters. The van der Waals surface area contributed by atoms with E-state index < -0.39 is 12.0 Å². The maximum Gasteiger partial charge on any atom is 0.321 e. The average Bonchev–Trinajstić information content (AvgIpc) is 2.74. The number of aromatic amines is 1. The maximum absolute atomic E-state index is 11.0. The monoisotopic (exact) mass is 246 g/mol. The molecular formula is C13H14N2O3. The quantitative estimate of drug-likeness (QED) is 0.746. The highest BCUT2D eigenvalue weighted by atomic mass is 16.5. The highest BCUT2D eigenvalue weighted by Gasteiger charge is 2.26. The number of carboxylic acids is 1. The van der Waals surface area contributed by atoms with Crippen LogP contribution in [0.1, 0.15) is 11.3 Å². The van der Waals surface area contributed by atoms with E-state index in [4.69, 9.17) is 9.84 Å². The lowest BCUT2D eigenvalue weighted by atomic mass is 9.99. The standard InChI is InChI=1S/C13H14N2O3/c1-18-7-2-3-8-9-5-11(13(16)17)14-6-12(9)15-10(8)4-7/h2-4,11,14-15H,5-6H2,1H3,(H,16,17). The first-order valence-corrected chi connectivity index (χ1v) is 5.82. The average molecular weight is 246 g/mol. The van der Waals surface area contributed by atoms with E-state index in [9.17, 15) is 4.79 Å². The Morgan fingerprint density at radius 3 is 3.06 bits per heavy atom. The number of hydrogen-bond donors (Lipinski definition) is 3. The van der Waals surface area contributed by atoms with Crippen LogP contribution in [0.4, 0.5) is 0 Å². The highest BCUT2D eigenvalue weighted by molar-refractivity contribution is 5.87. The first-order valence-electron chi connectivity index (χ1n) is 5.82. The molecule has 0 amide bonds. The third-order valence-electron chi connectivity index (χ3n) is 3.43.